The average molecular weight is 382 g/mol. The molecule has 1 aromatic rings. The maximum absolute atomic E-state index is 12.9. The standard InChI is InChI=1S/C17H22N2O6S/c1-12-4-5-13(16(20)19-6-2-3-14(19)17(21)22)11-15(12)26(23,24)18-7-9-25-10-8-18/h4-5,11,14H,2-3,6-10H2,1H3,(H,21,22)/t14-/m0/s1. The van der Waals surface area contributed by atoms with Crippen molar-refractivity contribution in [2.75, 3.05) is 32.8 Å². The Morgan fingerprint density at radius 1 is 1.19 bits per heavy atom. The van der Waals surface area contributed by atoms with Crippen molar-refractivity contribution in [1.29, 1.82) is 0 Å². The Labute approximate surface area is 152 Å². The van der Waals surface area contributed by atoms with Crippen molar-refractivity contribution >= 4 is 21.9 Å². The Bertz CT molecular complexity index is 817. The maximum atomic E-state index is 12.9. The van der Waals surface area contributed by atoms with Gasteiger partial charge in [-0.05, 0) is 37.5 Å². The zero-order valence-corrected chi connectivity index (χ0v) is 15.4. The SMILES string of the molecule is Cc1ccc(C(=O)N2CCC[C@H]2C(=O)O)cc1S(=O)(=O)N1CCOCC1. The molecule has 1 aromatic carbocycles. The zero-order valence-electron chi connectivity index (χ0n) is 14.6. The average Bonchev–Trinajstić information content (AvgIpc) is 3.12. The van der Waals surface area contributed by atoms with Gasteiger partial charge in [-0.25, -0.2) is 13.2 Å². The van der Waals surface area contributed by atoms with Crippen LogP contribution in [-0.4, -0.2) is 73.5 Å². The van der Waals surface area contributed by atoms with Crippen LogP contribution in [-0.2, 0) is 19.6 Å². The minimum absolute atomic E-state index is 0.0799. The van der Waals surface area contributed by atoms with Crippen molar-refractivity contribution in [2.45, 2.75) is 30.7 Å². The number of sulfonamides is 1. The normalized spacial score (nSPS) is 21.7. The molecule has 2 heterocycles. The van der Waals surface area contributed by atoms with E-state index in [9.17, 15) is 23.1 Å². The predicted molar refractivity (Wildman–Crippen MR) is 92.5 cm³/mol. The summed E-state index contributed by atoms with van der Waals surface area (Å²) in [6.07, 6.45) is 1.03. The minimum atomic E-state index is -3.74. The summed E-state index contributed by atoms with van der Waals surface area (Å²) in [5.74, 6) is -1.49. The lowest BCUT2D eigenvalue weighted by atomic mass is 10.1. The number of carbonyl (C=O) groups excluding carboxylic acids is 1. The summed E-state index contributed by atoms with van der Waals surface area (Å²) >= 11 is 0. The number of likely N-dealkylation sites (tertiary alicyclic amines) is 1. The highest BCUT2D eigenvalue weighted by molar-refractivity contribution is 7.89. The van der Waals surface area contributed by atoms with Gasteiger partial charge in [0, 0.05) is 25.2 Å². The van der Waals surface area contributed by atoms with Gasteiger partial charge in [0.05, 0.1) is 18.1 Å². The molecule has 0 bridgehead atoms. The molecule has 0 aliphatic carbocycles. The molecule has 2 aliphatic heterocycles. The first-order chi connectivity index (χ1) is 12.3. The van der Waals surface area contributed by atoms with Crippen molar-refractivity contribution in [2.24, 2.45) is 0 Å². The second-order valence-corrected chi connectivity index (χ2v) is 8.40. The molecule has 2 saturated heterocycles. The summed E-state index contributed by atoms with van der Waals surface area (Å²) in [6, 6.07) is 3.64. The van der Waals surface area contributed by atoms with E-state index in [0.717, 1.165) is 0 Å². The molecule has 0 unspecified atom stereocenters. The Kier molecular flexibility index (Phi) is 5.31. The molecule has 1 amide bonds. The van der Waals surface area contributed by atoms with Crippen LogP contribution < -0.4 is 0 Å². The first-order valence-electron chi connectivity index (χ1n) is 8.54. The number of carboxylic acid groups (broad SMARTS) is 1. The molecule has 0 spiro atoms. The van der Waals surface area contributed by atoms with Crippen molar-refractivity contribution in [3.05, 3.63) is 29.3 Å². The molecule has 3 rings (SSSR count). The number of carboxylic acids is 1. The second-order valence-electron chi connectivity index (χ2n) is 6.49. The Morgan fingerprint density at radius 3 is 2.54 bits per heavy atom. The Hall–Kier alpha value is -1.97. The van der Waals surface area contributed by atoms with E-state index in [4.69, 9.17) is 4.74 Å². The number of ether oxygens (including phenoxy) is 1. The highest BCUT2D eigenvalue weighted by Gasteiger charge is 2.35. The quantitative estimate of drug-likeness (QED) is 0.822. The molecule has 9 heteroatoms. The summed E-state index contributed by atoms with van der Waals surface area (Å²) in [5.41, 5.74) is 0.736. The third-order valence-electron chi connectivity index (χ3n) is 4.82. The number of benzene rings is 1. The highest BCUT2D eigenvalue weighted by atomic mass is 32.2. The Balaban J connectivity index is 1.92. The molecule has 26 heavy (non-hydrogen) atoms. The van der Waals surface area contributed by atoms with E-state index in [2.05, 4.69) is 0 Å². The largest absolute Gasteiger partial charge is 0.480 e. The zero-order chi connectivity index (χ0) is 18.9. The van der Waals surface area contributed by atoms with Gasteiger partial charge in [0.2, 0.25) is 10.0 Å². The van der Waals surface area contributed by atoms with Crippen LogP contribution in [0.5, 0.6) is 0 Å². The fourth-order valence-corrected chi connectivity index (χ4v) is 5.03. The van der Waals surface area contributed by atoms with Crippen LogP contribution in [0.25, 0.3) is 0 Å². The van der Waals surface area contributed by atoms with Crippen LogP contribution in [0.2, 0.25) is 0 Å². The van der Waals surface area contributed by atoms with Gasteiger partial charge in [-0.15, -0.1) is 0 Å². The van der Waals surface area contributed by atoms with Gasteiger partial charge in [-0.3, -0.25) is 4.79 Å². The summed E-state index contributed by atoms with van der Waals surface area (Å²) in [7, 11) is -3.74. The first kappa shape index (κ1) is 18.8. The molecule has 1 N–H and O–H groups in total. The van der Waals surface area contributed by atoms with Crippen LogP contribution in [0.3, 0.4) is 0 Å². The van der Waals surface area contributed by atoms with Crippen LogP contribution >= 0.6 is 0 Å². The van der Waals surface area contributed by atoms with Crippen molar-refractivity contribution in [1.82, 2.24) is 9.21 Å². The molecular formula is C17H22N2O6S. The van der Waals surface area contributed by atoms with E-state index in [1.165, 1.54) is 15.3 Å². The summed E-state index contributed by atoms with van der Waals surface area (Å²) < 4.78 is 32.4. The van der Waals surface area contributed by atoms with Crippen molar-refractivity contribution in [3.63, 3.8) is 0 Å². The van der Waals surface area contributed by atoms with Gasteiger partial charge in [0.1, 0.15) is 6.04 Å². The van der Waals surface area contributed by atoms with Gasteiger partial charge in [0.15, 0.2) is 0 Å². The van der Waals surface area contributed by atoms with Crippen molar-refractivity contribution < 1.29 is 27.9 Å². The number of amides is 1. The Morgan fingerprint density at radius 2 is 1.88 bits per heavy atom. The van der Waals surface area contributed by atoms with E-state index in [0.29, 0.717) is 38.2 Å². The van der Waals surface area contributed by atoms with Crippen molar-refractivity contribution in [3.8, 4) is 0 Å². The number of rotatable bonds is 4. The number of hydrogen-bond acceptors (Lipinski definition) is 5. The van der Waals surface area contributed by atoms with Gasteiger partial charge in [-0.2, -0.15) is 4.31 Å². The minimum Gasteiger partial charge on any atom is -0.480 e. The lowest BCUT2D eigenvalue weighted by Crippen LogP contribution is -2.41. The van der Waals surface area contributed by atoms with E-state index in [1.807, 2.05) is 0 Å². The second kappa shape index (κ2) is 7.34. The fourth-order valence-electron chi connectivity index (χ4n) is 3.37. The third kappa shape index (κ3) is 3.46. The summed E-state index contributed by atoms with van der Waals surface area (Å²) in [6.45, 7) is 3.25. The number of hydrogen-bond donors (Lipinski definition) is 1. The van der Waals surface area contributed by atoms with E-state index in [-0.39, 0.29) is 23.5 Å². The summed E-state index contributed by atoms with van der Waals surface area (Å²) in [4.78, 5) is 25.5. The number of carbonyl (C=O) groups is 2. The number of aliphatic carboxylic acids is 1. The topological polar surface area (TPSA) is 104 Å². The number of nitrogens with zero attached hydrogens (tertiary/aromatic N) is 2. The van der Waals surface area contributed by atoms with Gasteiger partial charge in [-0.1, -0.05) is 6.07 Å². The first-order valence-corrected chi connectivity index (χ1v) is 9.98. The fraction of sp³-hybridized carbons (Fsp3) is 0.529. The maximum Gasteiger partial charge on any atom is 0.326 e. The van der Waals surface area contributed by atoms with Gasteiger partial charge in [0.25, 0.3) is 5.91 Å². The van der Waals surface area contributed by atoms with Crippen LogP contribution in [0.15, 0.2) is 23.1 Å². The van der Waals surface area contributed by atoms with E-state index < -0.39 is 27.9 Å². The molecular weight excluding hydrogens is 360 g/mol. The molecule has 2 aliphatic rings. The molecule has 142 valence electrons. The molecule has 1 atom stereocenters. The third-order valence-corrected chi connectivity index (χ3v) is 6.86. The molecule has 0 radical (unpaired) electrons. The highest BCUT2D eigenvalue weighted by Crippen LogP contribution is 2.25. The molecule has 0 saturated carbocycles. The van der Waals surface area contributed by atoms with Crippen LogP contribution in [0, 0.1) is 6.92 Å². The summed E-state index contributed by atoms with van der Waals surface area (Å²) in [5, 5.41) is 9.27. The number of aryl methyl sites for hydroxylation is 1. The lowest BCUT2D eigenvalue weighted by molar-refractivity contribution is -0.141. The van der Waals surface area contributed by atoms with Crippen LogP contribution in [0.4, 0.5) is 0 Å². The predicted octanol–water partition coefficient (Wildman–Crippen LogP) is 0.705. The van der Waals surface area contributed by atoms with Gasteiger partial charge < -0.3 is 14.7 Å². The smallest absolute Gasteiger partial charge is 0.326 e. The monoisotopic (exact) mass is 382 g/mol. The lowest BCUT2D eigenvalue weighted by Gasteiger charge is -2.27. The molecule has 2 fully saturated rings. The number of morpholine rings is 1. The van der Waals surface area contributed by atoms with E-state index >= 15 is 0 Å². The van der Waals surface area contributed by atoms with Gasteiger partial charge >= 0.3 is 5.97 Å². The molecule has 0 aromatic heterocycles. The van der Waals surface area contributed by atoms with E-state index in [1.54, 1.807) is 19.1 Å². The van der Waals surface area contributed by atoms with Crippen LogP contribution in [0.1, 0.15) is 28.8 Å². The molecule has 8 nitrogen and oxygen atoms in total.